The zero-order valence-electron chi connectivity index (χ0n) is 14.7. The van der Waals surface area contributed by atoms with E-state index in [0.29, 0.717) is 25.5 Å². The molecule has 0 aromatic heterocycles. The molecule has 0 unspecified atom stereocenters. The van der Waals surface area contributed by atoms with Crippen molar-refractivity contribution in [2.45, 2.75) is 26.2 Å². The second-order valence-corrected chi connectivity index (χ2v) is 6.26. The molecule has 0 aliphatic carbocycles. The van der Waals surface area contributed by atoms with Crippen molar-refractivity contribution in [1.29, 1.82) is 0 Å². The highest BCUT2D eigenvalue weighted by molar-refractivity contribution is 5.85. The molecule has 24 heavy (non-hydrogen) atoms. The van der Waals surface area contributed by atoms with Crippen molar-refractivity contribution < 1.29 is 9.53 Å². The van der Waals surface area contributed by atoms with E-state index in [-0.39, 0.29) is 18.3 Å². The molecule has 1 saturated heterocycles. The Morgan fingerprint density at radius 3 is 2.54 bits per heavy atom. The van der Waals surface area contributed by atoms with Crippen LogP contribution in [0.15, 0.2) is 24.3 Å². The minimum atomic E-state index is 0. The van der Waals surface area contributed by atoms with Crippen LogP contribution in [0.25, 0.3) is 0 Å². The first-order valence-corrected chi connectivity index (χ1v) is 8.57. The van der Waals surface area contributed by atoms with E-state index in [4.69, 9.17) is 4.74 Å². The van der Waals surface area contributed by atoms with Gasteiger partial charge in [-0.05, 0) is 23.6 Å². The number of carbonyl (C=O) groups is 1. The summed E-state index contributed by atoms with van der Waals surface area (Å²) >= 11 is 0. The molecule has 1 fully saturated rings. The molecule has 1 aromatic rings. The fourth-order valence-electron chi connectivity index (χ4n) is 2.59. The van der Waals surface area contributed by atoms with Crippen LogP contribution >= 0.6 is 12.4 Å². The van der Waals surface area contributed by atoms with Gasteiger partial charge in [-0.3, -0.25) is 9.69 Å². The Kier molecular flexibility index (Phi) is 9.76. The molecule has 2 N–H and O–H groups in total. The van der Waals surface area contributed by atoms with Crippen LogP contribution in [0.2, 0.25) is 0 Å². The predicted octanol–water partition coefficient (Wildman–Crippen LogP) is 2.02. The maximum Gasteiger partial charge on any atom is 0.223 e. The monoisotopic (exact) mass is 355 g/mol. The van der Waals surface area contributed by atoms with Crippen LogP contribution in [0.4, 0.5) is 0 Å². The van der Waals surface area contributed by atoms with E-state index in [1.807, 2.05) is 12.1 Å². The first-order chi connectivity index (χ1) is 11.1. The van der Waals surface area contributed by atoms with E-state index < -0.39 is 0 Å². The first-order valence-electron chi connectivity index (χ1n) is 8.57. The largest absolute Gasteiger partial charge is 0.493 e. The predicted molar refractivity (Wildman–Crippen MR) is 100 cm³/mol. The number of ether oxygens (including phenoxy) is 1. The van der Waals surface area contributed by atoms with Crippen molar-refractivity contribution in [3.63, 3.8) is 0 Å². The highest BCUT2D eigenvalue weighted by Crippen LogP contribution is 2.18. The number of halogens is 1. The molecule has 1 heterocycles. The van der Waals surface area contributed by atoms with E-state index in [0.717, 1.165) is 38.5 Å². The van der Waals surface area contributed by atoms with Crippen molar-refractivity contribution in [2.24, 2.45) is 0 Å². The molecular weight excluding hydrogens is 326 g/mol. The van der Waals surface area contributed by atoms with Gasteiger partial charge in [-0.1, -0.05) is 26.0 Å². The maximum absolute atomic E-state index is 11.8. The summed E-state index contributed by atoms with van der Waals surface area (Å²) in [5.74, 6) is 1.40. The summed E-state index contributed by atoms with van der Waals surface area (Å²) in [5, 5.41) is 6.28. The van der Waals surface area contributed by atoms with Gasteiger partial charge in [0.05, 0.1) is 13.0 Å². The van der Waals surface area contributed by atoms with Crippen LogP contribution in [0, 0.1) is 0 Å². The summed E-state index contributed by atoms with van der Waals surface area (Å²) < 4.78 is 5.63. The van der Waals surface area contributed by atoms with Crippen LogP contribution in [0.5, 0.6) is 5.75 Å². The van der Waals surface area contributed by atoms with E-state index in [9.17, 15) is 4.79 Å². The van der Waals surface area contributed by atoms with Crippen molar-refractivity contribution in [3.8, 4) is 5.75 Å². The third-order valence-electron chi connectivity index (χ3n) is 4.10. The van der Waals surface area contributed by atoms with Crippen LogP contribution < -0.4 is 15.4 Å². The Hall–Kier alpha value is -1.30. The topological polar surface area (TPSA) is 53.6 Å². The molecule has 5 nitrogen and oxygen atoms in total. The molecule has 0 atom stereocenters. The van der Waals surface area contributed by atoms with Gasteiger partial charge < -0.3 is 15.4 Å². The van der Waals surface area contributed by atoms with E-state index in [2.05, 4.69) is 41.5 Å². The summed E-state index contributed by atoms with van der Waals surface area (Å²) in [6, 6.07) is 8.09. The minimum Gasteiger partial charge on any atom is -0.493 e. The summed E-state index contributed by atoms with van der Waals surface area (Å²) in [4.78, 5) is 14.2. The summed E-state index contributed by atoms with van der Waals surface area (Å²) in [5.41, 5.74) is 1.29. The Bertz CT molecular complexity index is 474. The van der Waals surface area contributed by atoms with Gasteiger partial charge in [0, 0.05) is 39.3 Å². The van der Waals surface area contributed by atoms with Crippen LogP contribution in [0.3, 0.4) is 0 Å². The standard InChI is InChI=1S/C18H29N3O2.ClH/c1-15(2)16-3-5-17(6-4-16)23-14-7-18(22)20-10-13-21-11-8-19-9-12-21;/h3-6,15,19H,7-14H2,1-2H3,(H,20,22);1H. The van der Waals surface area contributed by atoms with Crippen LogP contribution in [-0.2, 0) is 4.79 Å². The molecule has 0 radical (unpaired) electrons. The Morgan fingerprint density at radius 2 is 1.92 bits per heavy atom. The Morgan fingerprint density at radius 1 is 1.25 bits per heavy atom. The Balaban J connectivity index is 0.00000288. The zero-order chi connectivity index (χ0) is 16.5. The fraction of sp³-hybridized carbons (Fsp3) is 0.611. The van der Waals surface area contributed by atoms with E-state index in [1.165, 1.54) is 5.56 Å². The van der Waals surface area contributed by atoms with Crippen molar-refractivity contribution >= 4 is 18.3 Å². The third-order valence-corrected chi connectivity index (χ3v) is 4.10. The van der Waals surface area contributed by atoms with E-state index in [1.54, 1.807) is 0 Å². The number of piperazine rings is 1. The second kappa shape index (κ2) is 11.3. The van der Waals surface area contributed by atoms with Crippen molar-refractivity contribution in [2.75, 3.05) is 45.9 Å². The van der Waals surface area contributed by atoms with Crippen molar-refractivity contribution in [1.82, 2.24) is 15.5 Å². The molecule has 1 amide bonds. The second-order valence-electron chi connectivity index (χ2n) is 6.26. The summed E-state index contributed by atoms with van der Waals surface area (Å²) in [7, 11) is 0. The third kappa shape index (κ3) is 7.51. The molecule has 2 rings (SSSR count). The highest BCUT2D eigenvalue weighted by atomic mass is 35.5. The van der Waals surface area contributed by atoms with Gasteiger partial charge in [0.1, 0.15) is 5.75 Å². The molecule has 1 aromatic carbocycles. The lowest BCUT2D eigenvalue weighted by atomic mass is 10.0. The lowest BCUT2D eigenvalue weighted by Gasteiger charge is -2.27. The molecule has 0 saturated carbocycles. The summed E-state index contributed by atoms with van der Waals surface area (Å²) in [6.45, 7) is 10.6. The number of nitrogens with zero attached hydrogens (tertiary/aromatic N) is 1. The first kappa shape index (κ1) is 20.7. The number of carbonyl (C=O) groups excluding carboxylic acids is 1. The van der Waals surface area contributed by atoms with Crippen LogP contribution in [0.1, 0.15) is 31.7 Å². The molecule has 1 aliphatic heterocycles. The number of benzene rings is 1. The van der Waals surface area contributed by atoms with Gasteiger partial charge in [0.25, 0.3) is 0 Å². The molecule has 6 heteroatoms. The molecule has 0 bridgehead atoms. The molecular formula is C18H30ClN3O2. The summed E-state index contributed by atoms with van der Waals surface area (Å²) in [6.07, 6.45) is 0.396. The number of nitrogens with one attached hydrogen (secondary N) is 2. The van der Waals surface area contributed by atoms with Gasteiger partial charge in [-0.25, -0.2) is 0 Å². The lowest BCUT2D eigenvalue weighted by molar-refractivity contribution is -0.121. The molecule has 0 spiro atoms. The average molecular weight is 356 g/mol. The SMILES string of the molecule is CC(C)c1ccc(OCCC(=O)NCCN2CCNCC2)cc1.Cl. The van der Waals surface area contributed by atoms with Gasteiger partial charge in [0.15, 0.2) is 0 Å². The van der Waals surface area contributed by atoms with Gasteiger partial charge in [-0.2, -0.15) is 0 Å². The van der Waals surface area contributed by atoms with Crippen molar-refractivity contribution in [3.05, 3.63) is 29.8 Å². The molecule has 1 aliphatic rings. The van der Waals surface area contributed by atoms with Crippen LogP contribution in [-0.4, -0.2) is 56.7 Å². The smallest absolute Gasteiger partial charge is 0.223 e. The number of hydrogen-bond donors (Lipinski definition) is 2. The van der Waals surface area contributed by atoms with E-state index >= 15 is 0 Å². The van der Waals surface area contributed by atoms with Gasteiger partial charge in [0.2, 0.25) is 5.91 Å². The number of amides is 1. The number of rotatable bonds is 8. The maximum atomic E-state index is 11.8. The molecule has 136 valence electrons. The lowest BCUT2D eigenvalue weighted by Crippen LogP contribution is -2.46. The fourth-order valence-corrected chi connectivity index (χ4v) is 2.59. The Labute approximate surface area is 151 Å². The average Bonchev–Trinajstić information content (AvgIpc) is 2.56. The van der Waals surface area contributed by atoms with Gasteiger partial charge >= 0.3 is 0 Å². The normalized spacial score (nSPS) is 15.0. The minimum absolute atomic E-state index is 0. The van der Waals surface area contributed by atoms with Gasteiger partial charge in [-0.15, -0.1) is 12.4 Å². The highest BCUT2D eigenvalue weighted by Gasteiger charge is 2.09. The quantitative estimate of drug-likeness (QED) is 0.749. The number of hydrogen-bond acceptors (Lipinski definition) is 4. The zero-order valence-corrected chi connectivity index (χ0v) is 15.5.